The maximum atomic E-state index is 12.8. The van der Waals surface area contributed by atoms with E-state index in [0.29, 0.717) is 16.9 Å². The van der Waals surface area contributed by atoms with Crippen LogP contribution in [0, 0.1) is 19.8 Å². The van der Waals surface area contributed by atoms with Gasteiger partial charge in [0.05, 0.1) is 10.6 Å². The Bertz CT molecular complexity index is 1280. The third kappa shape index (κ3) is 6.50. The fraction of sp³-hybridized carbons (Fsp3) is 0.321. The number of rotatable bonds is 7. The predicted octanol–water partition coefficient (Wildman–Crippen LogP) is 5.59. The molecule has 0 aliphatic carbocycles. The Morgan fingerprint density at radius 2 is 1.60 bits per heavy atom. The van der Waals surface area contributed by atoms with E-state index in [9.17, 15) is 13.2 Å². The van der Waals surface area contributed by atoms with Gasteiger partial charge in [0.25, 0.3) is 15.9 Å². The molecule has 6 nitrogen and oxygen atoms in total. The molecule has 0 bridgehead atoms. The number of nitrogens with one attached hydrogen (secondary N) is 2. The Kier molecular flexibility index (Phi) is 7.57. The van der Waals surface area contributed by atoms with Crippen LogP contribution in [-0.2, 0) is 16.6 Å². The summed E-state index contributed by atoms with van der Waals surface area (Å²) in [7, 11) is -3.74. The van der Waals surface area contributed by atoms with Gasteiger partial charge in [-0.25, -0.2) is 8.42 Å². The lowest BCUT2D eigenvalue weighted by atomic mass is 9.99. The van der Waals surface area contributed by atoms with Gasteiger partial charge < -0.3 is 5.32 Å². The zero-order chi connectivity index (χ0) is 25.0. The molecule has 2 N–H and O–H groups in total. The smallest absolute Gasteiger partial charge is 0.261 e. The summed E-state index contributed by atoms with van der Waals surface area (Å²) in [4.78, 5) is 15.3. The van der Waals surface area contributed by atoms with Crippen LogP contribution < -0.4 is 10.0 Å². The highest BCUT2D eigenvalue weighted by Crippen LogP contribution is 2.23. The molecule has 4 rings (SSSR count). The summed E-state index contributed by atoms with van der Waals surface area (Å²) < 4.78 is 28.3. The highest BCUT2D eigenvalue weighted by Gasteiger charge is 2.17. The van der Waals surface area contributed by atoms with E-state index in [1.165, 1.54) is 30.5 Å². The molecule has 7 heteroatoms. The van der Waals surface area contributed by atoms with Crippen molar-refractivity contribution in [2.75, 3.05) is 23.1 Å². The maximum Gasteiger partial charge on any atom is 0.261 e. The molecule has 35 heavy (non-hydrogen) atoms. The lowest BCUT2D eigenvalue weighted by Crippen LogP contribution is -2.32. The molecule has 3 aromatic carbocycles. The Hall–Kier alpha value is -3.16. The fourth-order valence-electron chi connectivity index (χ4n) is 4.21. The monoisotopic (exact) mass is 491 g/mol. The van der Waals surface area contributed by atoms with Crippen molar-refractivity contribution in [3.63, 3.8) is 0 Å². The minimum Gasteiger partial charge on any atom is -0.322 e. The number of carbonyl (C=O) groups is 1. The van der Waals surface area contributed by atoms with Crippen LogP contribution in [0.2, 0.25) is 0 Å². The minimum absolute atomic E-state index is 0.132. The molecule has 3 aromatic rings. The standard InChI is InChI=1S/C28H33N3O3S/c1-20-14-16-31(17-15-20)19-23-6-8-24(9-7-23)28(32)29-25-10-12-26(13-11-25)35(33,34)30-27-18-21(2)4-5-22(27)3/h4-13,18,20,30H,14-17,19H2,1-3H3,(H,29,32). The van der Waals surface area contributed by atoms with Crippen molar-refractivity contribution in [1.29, 1.82) is 0 Å². The summed E-state index contributed by atoms with van der Waals surface area (Å²) in [6.45, 7) is 9.22. The number of carbonyl (C=O) groups excluding carboxylic acids is 1. The quantitative estimate of drug-likeness (QED) is 0.452. The van der Waals surface area contributed by atoms with Gasteiger partial charge in [-0.1, -0.05) is 31.2 Å². The molecule has 1 saturated heterocycles. The Morgan fingerprint density at radius 1 is 0.943 bits per heavy atom. The van der Waals surface area contributed by atoms with E-state index in [4.69, 9.17) is 0 Å². The molecule has 0 unspecified atom stereocenters. The van der Waals surface area contributed by atoms with E-state index in [1.54, 1.807) is 18.2 Å². The van der Waals surface area contributed by atoms with Crippen molar-refractivity contribution >= 4 is 27.3 Å². The number of hydrogen-bond donors (Lipinski definition) is 2. The Morgan fingerprint density at radius 3 is 2.26 bits per heavy atom. The number of amides is 1. The Balaban J connectivity index is 1.36. The zero-order valence-corrected chi connectivity index (χ0v) is 21.4. The number of aryl methyl sites for hydroxylation is 2. The minimum atomic E-state index is -3.74. The second-order valence-electron chi connectivity index (χ2n) is 9.56. The summed E-state index contributed by atoms with van der Waals surface area (Å²) in [5.41, 5.74) is 4.67. The van der Waals surface area contributed by atoms with E-state index in [-0.39, 0.29) is 10.8 Å². The zero-order valence-electron chi connectivity index (χ0n) is 20.5. The van der Waals surface area contributed by atoms with Gasteiger partial charge in [-0.05, 0) is 105 Å². The van der Waals surface area contributed by atoms with Crippen LogP contribution in [0.1, 0.15) is 46.8 Å². The average Bonchev–Trinajstić information content (AvgIpc) is 2.83. The molecule has 1 aliphatic rings. The Labute approximate surface area is 208 Å². The average molecular weight is 492 g/mol. The molecule has 0 atom stereocenters. The van der Waals surface area contributed by atoms with Crippen molar-refractivity contribution in [3.05, 3.63) is 89.0 Å². The van der Waals surface area contributed by atoms with Crippen LogP contribution in [0.3, 0.4) is 0 Å². The van der Waals surface area contributed by atoms with Gasteiger partial charge in [0.2, 0.25) is 0 Å². The first kappa shape index (κ1) is 24.9. The number of sulfonamides is 1. The highest BCUT2D eigenvalue weighted by molar-refractivity contribution is 7.92. The lowest BCUT2D eigenvalue weighted by Gasteiger charge is -2.30. The molecule has 1 fully saturated rings. The van der Waals surface area contributed by atoms with Crippen LogP contribution >= 0.6 is 0 Å². The van der Waals surface area contributed by atoms with Gasteiger partial charge in [0.15, 0.2) is 0 Å². The van der Waals surface area contributed by atoms with Crippen molar-refractivity contribution < 1.29 is 13.2 Å². The fourth-order valence-corrected chi connectivity index (χ4v) is 5.33. The van der Waals surface area contributed by atoms with Crippen LogP contribution in [0.15, 0.2) is 71.6 Å². The summed E-state index contributed by atoms with van der Waals surface area (Å²) in [5, 5.41) is 2.84. The second kappa shape index (κ2) is 10.6. The first-order valence-corrected chi connectivity index (χ1v) is 13.5. The van der Waals surface area contributed by atoms with E-state index in [2.05, 4.69) is 21.9 Å². The predicted molar refractivity (Wildman–Crippen MR) is 141 cm³/mol. The van der Waals surface area contributed by atoms with Crippen molar-refractivity contribution in [1.82, 2.24) is 4.90 Å². The van der Waals surface area contributed by atoms with Gasteiger partial charge >= 0.3 is 0 Å². The van der Waals surface area contributed by atoms with E-state index in [0.717, 1.165) is 36.7 Å². The van der Waals surface area contributed by atoms with E-state index >= 15 is 0 Å². The molecule has 0 saturated carbocycles. The van der Waals surface area contributed by atoms with Crippen LogP contribution in [-0.4, -0.2) is 32.3 Å². The molecule has 0 aromatic heterocycles. The summed E-state index contributed by atoms with van der Waals surface area (Å²) >= 11 is 0. The number of anilines is 2. The van der Waals surface area contributed by atoms with Gasteiger partial charge in [-0.15, -0.1) is 0 Å². The molecule has 1 amide bonds. The summed E-state index contributed by atoms with van der Waals surface area (Å²) in [6.07, 6.45) is 2.48. The molecular formula is C28H33N3O3S. The molecule has 1 aliphatic heterocycles. The maximum absolute atomic E-state index is 12.8. The highest BCUT2D eigenvalue weighted by atomic mass is 32.2. The molecule has 0 radical (unpaired) electrons. The molecular weight excluding hydrogens is 458 g/mol. The first-order chi connectivity index (χ1) is 16.7. The normalized spacial score (nSPS) is 15.1. The third-order valence-electron chi connectivity index (χ3n) is 6.56. The van der Waals surface area contributed by atoms with Gasteiger partial charge in [-0.2, -0.15) is 0 Å². The van der Waals surface area contributed by atoms with Crippen molar-refractivity contribution in [3.8, 4) is 0 Å². The largest absolute Gasteiger partial charge is 0.322 e. The molecule has 0 spiro atoms. The summed E-state index contributed by atoms with van der Waals surface area (Å²) in [6, 6.07) is 19.5. The third-order valence-corrected chi connectivity index (χ3v) is 7.94. The second-order valence-corrected chi connectivity index (χ2v) is 11.2. The number of hydrogen-bond acceptors (Lipinski definition) is 4. The number of piperidine rings is 1. The van der Waals surface area contributed by atoms with Crippen molar-refractivity contribution in [2.24, 2.45) is 5.92 Å². The number of nitrogens with zero attached hydrogens (tertiary/aromatic N) is 1. The lowest BCUT2D eigenvalue weighted by molar-refractivity contribution is 0.102. The van der Waals surface area contributed by atoms with E-state index in [1.807, 2.05) is 50.2 Å². The first-order valence-electron chi connectivity index (χ1n) is 12.0. The van der Waals surface area contributed by atoms with E-state index < -0.39 is 10.0 Å². The van der Waals surface area contributed by atoms with Gasteiger partial charge in [0, 0.05) is 17.8 Å². The van der Waals surface area contributed by atoms with Gasteiger partial charge in [-0.3, -0.25) is 14.4 Å². The van der Waals surface area contributed by atoms with Crippen LogP contribution in [0.5, 0.6) is 0 Å². The summed E-state index contributed by atoms with van der Waals surface area (Å²) in [5.74, 6) is 0.576. The molecule has 1 heterocycles. The molecule has 184 valence electrons. The SMILES string of the molecule is Cc1ccc(C)c(NS(=O)(=O)c2ccc(NC(=O)c3ccc(CN4CCC(C)CC4)cc3)cc2)c1. The number of benzene rings is 3. The van der Waals surface area contributed by atoms with Crippen molar-refractivity contribution in [2.45, 2.75) is 45.1 Å². The van der Waals surface area contributed by atoms with Crippen LogP contribution in [0.25, 0.3) is 0 Å². The van der Waals surface area contributed by atoms with Crippen LogP contribution in [0.4, 0.5) is 11.4 Å². The number of likely N-dealkylation sites (tertiary alicyclic amines) is 1. The topological polar surface area (TPSA) is 78.5 Å². The van der Waals surface area contributed by atoms with Gasteiger partial charge in [0.1, 0.15) is 0 Å².